The van der Waals surface area contributed by atoms with Gasteiger partial charge < -0.3 is 9.67 Å². The van der Waals surface area contributed by atoms with Crippen molar-refractivity contribution in [2.24, 2.45) is 5.92 Å². The summed E-state index contributed by atoms with van der Waals surface area (Å²) >= 11 is 0. The minimum Gasteiger partial charge on any atom is -0.476 e. The van der Waals surface area contributed by atoms with Crippen LogP contribution in [0.2, 0.25) is 0 Å². The van der Waals surface area contributed by atoms with Gasteiger partial charge in [0.15, 0.2) is 0 Å². The highest BCUT2D eigenvalue weighted by Crippen LogP contribution is 2.42. The Morgan fingerprint density at radius 3 is 2.43 bits per heavy atom. The Morgan fingerprint density at radius 2 is 1.83 bits per heavy atom. The summed E-state index contributed by atoms with van der Waals surface area (Å²) in [6, 6.07) is 8.29. The third-order valence-electron chi connectivity index (χ3n) is 6.41. The van der Waals surface area contributed by atoms with Gasteiger partial charge in [-0.3, -0.25) is 9.69 Å². The molecule has 4 atom stereocenters. The third-order valence-corrected chi connectivity index (χ3v) is 6.41. The number of nitrogens with zero attached hydrogens (tertiary/aromatic N) is 3. The predicted molar refractivity (Wildman–Crippen MR) is 117 cm³/mol. The predicted octanol–water partition coefficient (Wildman–Crippen LogP) is 3.70. The minimum absolute atomic E-state index is 0.0205. The van der Waals surface area contributed by atoms with Crippen LogP contribution >= 0.6 is 0 Å². The van der Waals surface area contributed by atoms with Crippen LogP contribution < -0.4 is 5.56 Å². The maximum atomic E-state index is 13.1. The van der Waals surface area contributed by atoms with Crippen LogP contribution in [0.4, 0.5) is 0 Å². The lowest BCUT2D eigenvalue weighted by molar-refractivity contribution is 0.0684. The van der Waals surface area contributed by atoms with Gasteiger partial charge in [-0.1, -0.05) is 44.7 Å². The lowest BCUT2D eigenvalue weighted by Gasteiger charge is -2.42. The smallest absolute Gasteiger partial charge is 0.360 e. The van der Waals surface area contributed by atoms with E-state index in [1.807, 2.05) is 18.2 Å². The summed E-state index contributed by atoms with van der Waals surface area (Å²) in [4.78, 5) is 31.4. The van der Waals surface area contributed by atoms with Crippen molar-refractivity contribution in [3.63, 3.8) is 0 Å². The molecule has 158 valence electrons. The molecule has 0 spiro atoms. The van der Waals surface area contributed by atoms with Crippen molar-refractivity contribution in [3.8, 4) is 11.8 Å². The van der Waals surface area contributed by atoms with Gasteiger partial charge in [-0.05, 0) is 44.2 Å². The quantitative estimate of drug-likeness (QED) is 0.782. The van der Waals surface area contributed by atoms with E-state index >= 15 is 0 Å². The average Bonchev–Trinajstić information content (AvgIpc) is 2.97. The van der Waals surface area contributed by atoms with E-state index in [4.69, 9.17) is 0 Å². The molecule has 2 fully saturated rings. The van der Waals surface area contributed by atoms with Crippen molar-refractivity contribution in [2.45, 2.75) is 77.0 Å². The van der Waals surface area contributed by atoms with Gasteiger partial charge in [-0.2, -0.15) is 0 Å². The van der Waals surface area contributed by atoms with Crippen molar-refractivity contribution in [2.75, 3.05) is 0 Å². The molecule has 0 radical (unpaired) electrons. The molecular formula is C24H29N3O3. The topological polar surface area (TPSA) is 75.4 Å². The summed E-state index contributed by atoms with van der Waals surface area (Å²) in [6.45, 7) is 6.41. The highest BCUT2D eigenvalue weighted by atomic mass is 16.4. The molecule has 0 amide bonds. The molecule has 4 rings (SSSR count). The van der Waals surface area contributed by atoms with E-state index in [0.717, 1.165) is 37.6 Å². The van der Waals surface area contributed by atoms with Gasteiger partial charge in [0.25, 0.3) is 5.56 Å². The maximum absolute atomic E-state index is 13.1. The largest absolute Gasteiger partial charge is 0.476 e. The van der Waals surface area contributed by atoms with Crippen LogP contribution in [0, 0.1) is 17.8 Å². The molecule has 30 heavy (non-hydrogen) atoms. The van der Waals surface area contributed by atoms with Gasteiger partial charge in [0.1, 0.15) is 0 Å². The summed E-state index contributed by atoms with van der Waals surface area (Å²) in [5, 5.41) is 9.52. The molecule has 0 saturated carbocycles. The molecule has 2 aromatic rings. The summed E-state index contributed by atoms with van der Waals surface area (Å²) in [7, 11) is 0. The van der Waals surface area contributed by atoms with Crippen LogP contribution in [-0.4, -0.2) is 43.7 Å². The van der Waals surface area contributed by atoms with Crippen molar-refractivity contribution >= 4 is 17.0 Å². The summed E-state index contributed by atoms with van der Waals surface area (Å²) in [5.41, 5.74) is 0.388. The summed E-state index contributed by atoms with van der Waals surface area (Å²) < 4.78 is 1.70. The standard InChI is InChI=1S/C24H29N3O3/c1-4-16(10-9-15(2)3)26-17-11-12-18(26)14-19(13-17)27-21-8-6-5-7-20(21)25-22(23(27)28)24(29)30/h5-8,15-19H,4,11-14H2,1-3H3,(H,29,30)/t16?,17-,18+,19+. The fourth-order valence-corrected chi connectivity index (χ4v) is 5.21. The SMILES string of the molecule is CCC(C#CC(C)C)N1[C@@H]2CC[C@H]1C[C@@H](n1c(=O)c(C(=O)O)nc3ccccc31)C2. The number of aromatic nitrogens is 2. The van der Waals surface area contributed by atoms with E-state index in [-0.39, 0.29) is 12.1 Å². The normalized spacial score (nSPS) is 24.6. The van der Waals surface area contributed by atoms with Crippen LogP contribution in [0.3, 0.4) is 0 Å². The Balaban J connectivity index is 1.72. The van der Waals surface area contributed by atoms with Crippen LogP contribution in [0.5, 0.6) is 0 Å². The first-order chi connectivity index (χ1) is 14.4. The first-order valence-electron chi connectivity index (χ1n) is 10.9. The monoisotopic (exact) mass is 407 g/mol. The van der Waals surface area contributed by atoms with Crippen molar-refractivity contribution in [1.82, 2.24) is 14.5 Å². The molecule has 2 bridgehead atoms. The summed E-state index contributed by atoms with van der Waals surface area (Å²) in [5.74, 6) is 5.90. The fourth-order valence-electron chi connectivity index (χ4n) is 5.21. The number of hydrogen-bond acceptors (Lipinski definition) is 4. The zero-order valence-electron chi connectivity index (χ0n) is 17.8. The van der Waals surface area contributed by atoms with Gasteiger partial charge in [0.05, 0.1) is 17.1 Å². The number of piperidine rings is 1. The van der Waals surface area contributed by atoms with Crippen molar-refractivity contribution in [3.05, 3.63) is 40.3 Å². The number of carbonyl (C=O) groups is 1. The maximum Gasteiger partial charge on any atom is 0.360 e. The molecule has 2 saturated heterocycles. The third kappa shape index (κ3) is 3.63. The number of hydrogen-bond donors (Lipinski definition) is 1. The lowest BCUT2D eigenvalue weighted by atomic mass is 9.94. The van der Waals surface area contributed by atoms with E-state index in [1.165, 1.54) is 0 Å². The average molecular weight is 408 g/mol. The number of rotatable bonds is 4. The first kappa shape index (κ1) is 20.6. The molecular weight excluding hydrogens is 378 g/mol. The minimum atomic E-state index is -1.27. The van der Waals surface area contributed by atoms with Gasteiger partial charge in [-0.25, -0.2) is 9.78 Å². The van der Waals surface area contributed by atoms with E-state index in [9.17, 15) is 14.7 Å². The molecule has 6 heteroatoms. The highest BCUT2D eigenvalue weighted by molar-refractivity contribution is 5.88. The molecule has 6 nitrogen and oxygen atoms in total. The number of carboxylic acid groups (broad SMARTS) is 1. The highest BCUT2D eigenvalue weighted by Gasteiger charge is 2.44. The van der Waals surface area contributed by atoms with Crippen LogP contribution in [-0.2, 0) is 0 Å². The van der Waals surface area contributed by atoms with Gasteiger partial charge in [0.2, 0.25) is 5.69 Å². The van der Waals surface area contributed by atoms with E-state index in [0.29, 0.717) is 23.5 Å². The number of aromatic carboxylic acids is 1. The Labute approximate surface area is 176 Å². The molecule has 1 N–H and O–H groups in total. The second-order valence-corrected chi connectivity index (χ2v) is 8.75. The molecule has 1 aromatic heterocycles. The molecule has 2 aliphatic rings. The van der Waals surface area contributed by atoms with E-state index in [1.54, 1.807) is 10.6 Å². The van der Waals surface area contributed by atoms with Crippen molar-refractivity contribution < 1.29 is 9.90 Å². The molecule has 2 aliphatic heterocycles. The zero-order chi connectivity index (χ0) is 21.4. The first-order valence-corrected chi connectivity index (χ1v) is 10.9. The summed E-state index contributed by atoms with van der Waals surface area (Å²) in [6.07, 6.45) is 4.86. The molecule has 0 aliphatic carbocycles. The van der Waals surface area contributed by atoms with Gasteiger partial charge in [-0.15, -0.1) is 0 Å². The number of carboxylic acids is 1. The number of benzene rings is 1. The van der Waals surface area contributed by atoms with Crippen molar-refractivity contribution in [1.29, 1.82) is 0 Å². The molecule has 1 unspecified atom stereocenters. The van der Waals surface area contributed by atoms with Crippen LogP contribution in [0.25, 0.3) is 11.0 Å². The number of fused-ring (bicyclic) bond motifs is 3. The van der Waals surface area contributed by atoms with Crippen LogP contribution in [0.15, 0.2) is 29.1 Å². The number of para-hydroxylation sites is 2. The molecule has 1 aromatic carbocycles. The molecule has 3 heterocycles. The van der Waals surface area contributed by atoms with E-state index < -0.39 is 17.2 Å². The fraction of sp³-hybridized carbons (Fsp3) is 0.542. The zero-order valence-corrected chi connectivity index (χ0v) is 17.8. The Hall–Kier alpha value is -2.65. The lowest BCUT2D eigenvalue weighted by Crippen LogP contribution is -2.49. The van der Waals surface area contributed by atoms with E-state index in [2.05, 4.69) is 42.5 Å². The Morgan fingerprint density at radius 1 is 1.17 bits per heavy atom. The second-order valence-electron chi connectivity index (χ2n) is 8.75. The second kappa shape index (κ2) is 8.23. The van der Waals surface area contributed by atoms with Gasteiger partial charge in [0, 0.05) is 24.0 Å². The van der Waals surface area contributed by atoms with Gasteiger partial charge >= 0.3 is 5.97 Å². The van der Waals surface area contributed by atoms with Crippen LogP contribution in [0.1, 0.15) is 69.4 Å². The Kier molecular flexibility index (Phi) is 5.66. The Bertz CT molecular complexity index is 1060.